The van der Waals surface area contributed by atoms with Gasteiger partial charge >= 0.3 is 0 Å². The second-order valence-corrected chi connectivity index (χ2v) is 5.64. The molecule has 0 atom stereocenters. The van der Waals surface area contributed by atoms with Crippen molar-refractivity contribution in [2.45, 2.75) is 0 Å². The van der Waals surface area contributed by atoms with E-state index < -0.39 is 5.91 Å². The highest BCUT2D eigenvalue weighted by Crippen LogP contribution is 2.30. The van der Waals surface area contributed by atoms with Gasteiger partial charge in [-0.05, 0) is 42.1 Å². The van der Waals surface area contributed by atoms with Crippen LogP contribution in [0.1, 0.15) is 11.3 Å². The van der Waals surface area contributed by atoms with Crippen LogP contribution in [0.3, 0.4) is 0 Å². The second-order valence-electron chi connectivity index (χ2n) is 4.68. The van der Waals surface area contributed by atoms with Gasteiger partial charge in [0.1, 0.15) is 10.8 Å². The molecule has 1 amide bonds. The number of carbonyl (C=O) groups is 1. The lowest BCUT2D eigenvalue weighted by Crippen LogP contribution is -2.35. The Kier molecular flexibility index (Phi) is 3.16. The number of aliphatic imine (C=N–C) groups is 1. The van der Waals surface area contributed by atoms with E-state index in [-0.39, 0.29) is 11.4 Å². The zero-order chi connectivity index (χ0) is 15.8. The minimum absolute atomic E-state index is 0.0252. The van der Waals surface area contributed by atoms with E-state index in [0.29, 0.717) is 16.0 Å². The maximum atomic E-state index is 12.2. The van der Waals surface area contributed by atoms with Crippen LogP contribution in [0.5, 0.6) is 0 Å². The lowest BCUT2D eigenvalue weighted by molar-refractivity contribution is -0.114. The van der Waals surface area contributed by atoms with Gasteiger partial charge in [-0.15, -0.1) is 0 Å². The Hall–Kier alpha value is -3.00. The van der Waals surface area contributed by atoms with Crippen LogP contribution in [0.4, 0.5) is 0 Å². The van der Waals surface area contributed by atoms with Gasteiger partial charge in [0.05, 0.1) is 11.8 Å². The van der Waals surface area contributed by atoms with Crippen molar-refractivity contribution in [2.24, 2.45) is 10.1 Å². The van der Waals surface area contributed by atoms with Gasteiger partial charge in [0, 0.05) is 18.0 Å². The standard InChI is InChI=1S/C15H9N5O2S/c16-12-11(7-10-4-2-6-22-10)13(21)18-15-20(12)19-14(23-15)9-3-1-5-17-8-9/h1-8,16H/b11-7-,16-12?. The topological polar surface area (TPSA) is 94.9 Å². The van der Waals surface area contributed by atoms with E-state index in [2.05, 4.69) is 15.1 Å². The molecule has 0 saturated heterocycles. The number of thioether (sulfide) groups is 1. The summed E-state index contributed by atoms with van der Waals surface area (Å²) in [4.78, 5) is 20.2. The summed E-state index contributed by atoms with van der Waals surface area (Å²) < 4.78 is 5.19. The molecule has 23 heavy (non-hydrogen) atoms. The fraction of sp³-hybridized carbons (Fsp3) is 0. The Bertz CT molecular complexity index is 884. The van der Waals surface area contributed by atoms with Crippen LogP contribution < -0.4 is 0 Å². The summed E-state index contributed by atoms with van der Waals surface area (Å²) in [6.45, 7) is 0. The minimum atomic E-state index is -0.479. The second kappa shape index (κ2) is 5.33. The van der Waals surface area contributed by atoms with Gasteiger partial charge in [-0.3, -0.25) is 15.2 Å². The quantitative estimate of drug-likeness (QED) is 0.856. The molecule has 2 aromatic heterocycles. The summed E-state index contributed by atoms with van der Waals surface area (Å²) in [5, 5.41) is 15.0. The molecule has 0 bridgehead atoms. The van der Waals surface area contributed by atoms with Crippen LogP contribution in [0.2, 0.25) is 0 Å². The average Bonchev–Trinajstić information content (AvgIpc) is 3.22. The van der Waals surface area contributed by atoms with Crippen LogP contribution >= 0.6 is 11.8 Å². The highest BCUT2D eigenvalue weighted by molar-refractivity contribution is 8.27. The molecule has 0 unspecified atom stereocenters. The highest BCUT2D eigenvalue weighted by atomic mass is 32.2. The zero-order valence-electron chi connectivity index (χ0n) is 11.6. The number of nitrogens with zero attached hydrogens (tertiary/aromatic N) is 4. The molecular formula is C15H9N5O2S. The fourth-order valence-corrected chi connectivity index (χ4v) is 2.99. The van der Waals surface area contributed by atoms with Gasteiger partial charge in [-0.2, -0.15) is 15.1 Å². The van der Waals surface area contributed by atoms with Crippen molar-refractivity contribution in [2.75, 3.05) is 0 Å². The molecule has 7 nitrogen and oxygen atoms in total. The third-order valence-electron chi connectivity index (χ3n) is 3.19. The van der Waals surface area contributed by atoms with Crippen molar-refractivity contribution in [1.29, 1.82) is 5.41 Å². The molecule has 0 fully saturated rings. The van der Waals surface area contributed by atoms with Crippen molar-refractivity contribution < 1.29 is 9.21 Å². The van der Waals surface area contributed by atoms with Crippen molar-refractivity contribution in [3.8, 4) is 0 Å². The molecular weight excluding hydrogens is 314 g/mol. The number of nitrogens with one attached hydrogen (secondary N) is 1. The van der Waals surface area contributed by atoms with E-state index in [1.54, 1.807) is 30.6 Å². The number of aromatic nitrogens is 1. The normalized spacial score (nSPS) is 19.0. The molecule has 112 valence electrons. The SMILES string of the molecule is N=C1/C(=C/c2ccco2)C(=O)N=C2SC(c3cccnc3)=NN12. The number of hydrogen-bond donors (Lipinski definition) is 1. The summed E-state index contributed by atoms with van der Waals surface area (Å²) in [5.41, 5.74) is 0.951. The monoisotopic (exact) mass is 323 g/mol. The molecule has 0 radical (unpaired) electrons. The van der Waals surface area contributed by atoms with Crippen LogP contribution in [0.25, 0.3) is 6.08 Å². The lowest BCUT2D eigenvalue weighted by Gasteiger charge is -2.19. The fourth-order valence-electron chi connectivity index (χ4n) is 2.11. The third-order valence-corrected chi connectivity index (χ3v) is 4.15. The number of furan rings is 1. The number of fused-ring (bicyclic) bond motifs is 1. The summed E-state index contributed by atoms with van der Waals surface area (Å²) in [6.07, 6.45) is 6.34. The first-order chi connectivity index (χ1) is 11.2. The third kappa shape index (κ3) is 2.38. The van der Waals surface area contributed by atoms with Gasteiger partial charge in [0.25, 0.3) is 5.91 Å². The number of rotatable bonds is 2. The Morgan fingerprint density at radius 2 is 2.22 bits per heavy atom. The van der Waals surface area contributed by atoms with E-state index in [1.165, 1.54) is 29.1 Å². The van der Waals surface area contributed by atoms with E-state index in [9.17, 15) is 4.79 Å². The Morgan fingerprint density at radius 1 is 1.30 bits per heavy atom. The van der Waals surface area contributed by atoms with E-state index >= 15 is 0 Å². The average molecular weight is 323 g/mol. The molecule has 0 aromatic carbocycles. The van der Waals surface area contributed by atoms with Crippen molar-refractivity contribution in [3.05, 3.63) is 59.8 Å². The number of amidine groups is 2. The molecule has 0 saturated carbocycles. The maximum Gasteiger partial charge on any atom is 0.283 e. The van der Waals surface area contributed by atoms with Crippen molar-refractivity contribution in [1.82, 2.24) is 9.99 Å². The predicted molar refractivity (Wildman–Crippen MR) is 87.1 cm³/mol. The summed E-state index contributed by atoms with van der Waals surface area (Å²) in [5.74, 6) is -0.0179. The largest absolute Gasteiger partial charge is 0.465 e. The van der Waals surface area contributed by atoms with Crippen LogP contribution in [-0.2, 0) is 4.79 Å². The van der Waals surface area contributed by atoms with E-state index in [0.717, 1.165) is 5.56 Å². The molecule has 8 heteroatoms. The van der Waals surface area contributed by atoms with Gasteiger partial charge in [0.2, 0.25) is 5.17 Å². The van der Waals surface area contributed by atoms with Crippen LogP contribution in [0, 0.1) is 5.41 Å². The Balaban J connectivity index is 1.71. The van der Waals surface area contributed by atoms with Gasteiger partial charge in [0.15, 0.2) is 5.84 Å². The van der Waals surface area contributed by atoms with Crippen molar-refractivity contribution in [3.63, 3.8) is 0 Å². The number of amides is 1. The first kappa shape index (κ1) is 13.6. The molecule has 2 aliphatic heterocycles. The maximum absolute atomic E-state index is 12.2. The zero-order valence-corrected chi connectivity index (χ0v) is 12.4. The van der Waals surface area contributed by atoms with Gasteiger partial charge in [-0.1, -0.05) is 0 Å². The first-order valence-electron chi connectivity index (χ1n) is 6.66. The highest BCUT2D eigenvalue weighted by Gasteiger charge is 2.36. The first-order valence-corrected chi connectivity index (χ1v) is 7.48. The molecule has 2 aromatic rings. The number of hydrogen-bond acceptors (Lipinski definition) is 6. The number of pyridine rings is 1. The van der Waals surface area contributed by atoms with Crippen molar-refractivity contribution >= 4 is 39.8 Å². The molecule has 0 aliphatic carbocycles. The summed E-state index contributed by atoms with van der Waals surface area (Å²) in [7, 11) is 0. The Labute approximate surface area is 134 Å². The predicted octanol–water partition coefficient (Wildman–Crippen LogP) is 2.34. The molecule has 4 heterocycles. The van der Waals surface area contributed by atoms with Crippen LogP contribution in [0.15, 0.2) is 63.0 Å². The van der Waals surface area contributed by atoms with Gasteiger partial charge in [-0.25, -0.2) is 0 Å². The number of carbonyl (C=O) groups excluding carboxylic acids is 1. The van der Waals surface area contributed by atoms with E-state index in [1.807, 2.05) is 6.07 Å². The van der Waals surface area contributed by atoms with Gasteiger partial charge < -0.3 is 4.42 Å². The summed E-state index contributed by atoms with van der Waals surface area (Å²) in [6, 6.07) is 7.08. The Morgan fingerprint density at radius 3 is 2.96 bits per heavy atom. The minimum Gasteiger partial charge on any atom is -0.465 e. The summed E-state index contributed by atoms with van der Waals surface area (Å²) >= 11 is 1.24. The molecule has 1 N–H and O–H groups in total. The molecule has 0 spiro atoms. The number of hydrazone groups is 1. The smallest absolute Gasteiger partial charge is 0.283 e. The lowest BCUT2D eigenvalue weighted by atomic mass is 10.1. The molecule has 4 rings (SSSR count). The molecule has 2 aliphatic rings. The van der Waals surface area contributed by atoms with E-state index in [4.69, 9.17) is 9.83 Å². The van der Waals surface area contributed by atoms with Crippen LogP contribution in [-0.4, -0.2) is 31.9 Å².